The van der Waals surface area contributed by atoms with Gasteiger partial charge >= 0.3 is 0 Å². The molecule has 2 heterocycles. The maximum absolute atomic E-state index is 13.5. The van der Waals surface area contributed by atoms with Gasteiger partial charge < -0.3 is 10.2 Å². The zero-order chi connectivity index (χ0) is 21.1. The van der Waals surface area contributed by atoms with Crippen molar-refractivity contribution in [2.24, 2.45) is 0 Å². The summed E-state index contributed by atoms with van der Waals surface area (Å²) in [5, 5.41) is 2.99. The van der Waals surface area contributed by atoms with E-state index in [0.29, 0.717) is 13.0 Å². The number of aromatic nitrogens is 1. The molecule has 0 bridgehead atoms. The van der Waals surface area contributed by atoms with Crippen LogP contribution in [0.5, 0.6) is 0 Å². The first-order valence-corrected chi connectivity index (χ1v) is 10.1. The van der Waals surface area contributed by atoms with Gasteiger partial charge in [-0.15, -0.1) is 0 Å². The van der Waals surface area contributed by atoms with Gasteiger partial charge in [0, 0.05) is 37.6 Å². The minimum atomic E-state index is -0.912. The molecule has 5 nitrogen and oxygen atoms in total. The third kappa shape index (κ3) is 3.71. The fraction of sp³-hybridized carbons (Fsp3) is 0.240. The minimum Gasteiger partial charge on any atom is -0.352 e. The van der Waals surface area contributed by atoms with E-state index in [-0.39, 0.29) is 18.2 Å². The van der Waals surface area contributed by atoms with Gasteiger partial charge in [0.05, 0.1) is 5.41 Å². The number of rotatable bonds is 6. The topological polar surface area (TPSA) is 62.3 Å². The van der Waals surface area contributed by atoms with E-state index in [9.17, 15) is 9.59 Å². The van der Waals surface area contributed by atoms with Crippen LogP contribution in [0.4, 0.5) is 5.69 Å². The lowest BCUT2D eigenvalue weighted by molar-refractivity contribution is -0.129. The molecule has 4 rings (SSSR count). The van der Waals surface area contributed by atoms with Gasteiger partial charge in [0.15, 0.2) is 0 Å². The molecule has 0 saturated carbocycles. The van der Waals surface area contributed by atoms with E-state index in [0.717, 1.165) is 28.1 Å². The summed E-state index contributed by atoms with van der Waals surface area (Å²) in [5.74, 6) is -0.179. The Kier molecular flexibility index (Phi) is 5.36. The van der Waals surface area contributed by atoms with Crippen molar-refractivity contribution >= 4 is 17.5 Å². The maximum atomic E-state index is 13.5. The van der Waals surface area contributed by atoms with Crippen molar-refractivity contribution in [1.29, 1.82) is 0 Å². The average molecular weight is 399 g/mol. The normalized spacial score (nSPS) is 17.7. The molecule has 3 aromatic rings. The summed E-state index contributed by atoms with van der Waals surface area (Å²) >= 11 is 0. The van der Waals surface area contributed by atoms with E-state index in [4.69, 9.17) is 0 Å². The molecule has 0 aliphatic carbocycles. The highest BCUT2D eigenvalue weighted by atomic mass is 16.2. The fourth-order valence-corrected chi connectivity index (χ4v) is 4.32. The lowest BCUT2D eigenvalue weighted by Gasteiger charge is -2.28. The van der Waals surface area contributed by atoms with Gasteiger partial charge in [0.25, 0.3) is 0 Å². The number of nitrogens with zero attached hydrogens (tertiary/aromatic N) is 2. The number of fused-ring (bicyclic) bond motifs is 1. The second-order valence-corrected chi connectivity index (χ2v) is 7.88. The zero-order valence-corrected chi connectivity index (χ0v) is 17.3. The molecule has 5 heteroatoms. The van der Waals surface area contributed by atoms with Crippen LogP contribution in [0.1, 0.15) is 28.8 Å². The van der Waals surface area contributed by atoms with Crippen molar-refractivity contribution in [3.63, 3.8) is 0 Å². The Labute approximate surface area is 176 Å². The molecule has 1 aliphatic rings. The third-order valence-corrected chi connectivity index (χ3v) is 5.76. The number of hydrogen-bond acceptors (Lipinski definition) is 3. The van der Waals surface area contributed by atoms with Crippen molar-refractivity contribution < 1.29 is 9.59 Å². The van der Waals surface area contributed by atoms with E-state index in [2.05, 4.69) is 10.3 Å². The predicted molar refractivity (Wildman–Crippen MR) is 117 cm³/mol. The number of carbonyl (C=O) groups is 2. The van der Waals surface area contributed by atoms with E-state index in [1.165, 1.54) is 0 Å². The van der Waals surface area contributed by atoms with Crippen LogP contribution in [0.3, 0.4) is 0 Å². The first-order chi connectivity index (χ1) is 14.5. The van der Waals surface area contributed by atoms with Gasteiger partial charge in [-0.1, -0.05) is 48.5 Å². The number of carbonyl (C=O) groups excluding carboxylic acids is 2. The maximum Gasteiger partial charge on any atom is 0.238 e. The summed E-state index contributed by atoms with van der Waals surface area (Å²) < 4.78 is 0. The molecule has 0 saturated heterocycles. The highest BCUT2D eigenvalue weighted by Gasteiger charge is 2.50. The van der Waals surface area contributed by atoms with Crippen molar-refractivity contribution in [3.8, 4) is 0 Å². The molecule has 1 aromatic heterocycles. The Morgan fingerprint density at radius 1 is 1.03 bits per heavy atom. The fourth-order valence-electron chi connectivity index (χ4n) is 4.32. The molecule has 1 N–H and O–H groups in total. The van der Waals surface area contributed by atoms with Crippen molar-refractivity contribution in [2.75, 3.05) is 11.9 Å². The minimum absolute atomic E-state index is 0.0394. The number of anilines is 1. The molecule has 0 fully saturated rings. The van der Waals surface area contributed by atoms with Crippen molar-refractivity contribution in [1.82, 2.24) is 10.3 Å². The van der Waals surface area contributed by atoms with Crippen LogP contribution < -0.4 is 10.2 Å². The Hall–Kier alpha value is -3.47. The second-order valence-electron chi connectivity index (χ2n) is 7.88. The molecule has 0 spiro atoms. The molecule has 30 heavy (non-hydrogen) atoms. The van der Waals surface area contributed by atoms with Crippen LogP contribution >= 0.6 is 0 Å². The smallest absolute Gasteiger partial charge is 0.238 e. The summed E-state index contributed by atoms with van der Waals surface area (Å²) in [5.41, 5.74) is 3.80. The Balaban J connectivity index is 1.63. The van der Waals surface area contributed by atoms with Gasteiger partial charge in [0.2, 0.25) is 11.8 Å². The number of amides is 2. The van der Waals surface area contributed by atoms with Gasteiger partial charge in [0.1, 0.15) is 0 Å². The largest absolute Gasteiger partial charge is 0.352 e. The van der Waals surface area contributed by atoms with Crippen molar-refractivity contribution in [3.05, 3.63) is 95.3 Å². The molecule has 2 amide bonds. The molecule has 1 unspecified atom stereocenters. The van der Waals surface area contributed by atoms with Gasteiger partial charge in [-0.25, -0.2) is 0 Å². The van der Waals surface area contributed by atoms with E-state index in [1.807, 2.05) is 73.7 Å². The van der Waals surface area contributed by atoms with Crippen LogP contribution in [0.15, 0.2) is 72.9 Å². The van der Waals surface area contributed by atoms with Crippen LogP contribution in [0.2, 0.25) is 0 Å². The number of pyridine rings is 1. The van der Waals surface area contributed by atoms with Gasteiger partial charge in [-0.2, -0.15) is 0 Å². The average Bonchev–Trinajstić information content (AvgIpc) is 2.95. The molecular formula is C25H25N3O2. The summed E-state index contributed by atoms with van der Waals surface area (Å²) in [7, 11) is 1.78. The Morgan fingerprint density at radius 3 is 2.53 bits per heavy atom. The van der Waals surface area contributed by atoms with Crippen LogP contribution in [0.25, 0.3) is 0 Å². The SMILES string of the molecule is Cc1cc(CNC(=O)CC2(Cc3ccccc3)C(=O)N(C)c3ccccc32)ccn1. The lowest BCUT2D eigenvalue weighted by atomic mass is 9.73. The van der Waals surface area contributed by atoms with Crippen LogP contribution in [0, 0.1) is 6.92 Å². The van der Waals surface area contributed by atoms with E-state index >= 15 is 0 Å². The summed E-state index contributed by atoms with van der Waals surface area (Å²) in [4.78, 5) is 32.4. The number of para-hydroxylation sites is 1. The Morgan fingerprint density at radius 2 is 1.77 bits per heavy atom. The first kappa shape index (κ1) is 19.8. The Bertz CT molecular complexity index is 1080. The predicted octanol–water partition coefficient (Wildman–Crippen LogP) is 3.55. The lowest BCUT2D eigenvalue weighted by Crippen LogP contribution is -2.44. The number of hydrogen-bond donors (Lipinski definition) is 1. The van der Waals surface area contributed by atoms with Gasteiger partial charge in [-0.05, 0) is 48.2 Å². The van der Waals surface area contributed by atoms with Crippen LogP contribution in [-0.4, -0.2) is 23.8 Å². The number of likely N-dealkylation sites (N-methyl/N-ethyl adjacent to an activating group) is 1. The second kappa shape index (κ2) is 8.11. The molecule has 2 aromatic carbocycles. The summed E-state index contributed by atoms with van der Waals surface area (Å²) in [6, 6.07) is 21.5. The molecule has 152 valence electrons. The van der Waals surface area contributed by atoms with E-state index in [1.54, 1.807) is 18.1 Å². The summed E-state index contributed by atoms with van der Waals surface area (Å²) in [6.07, 6.45) is 2.32. The molecule has 1 atom stereocenters. The number of aryl methyl sites for hydroxylation is 1. The molecule has 1 aliphatic heterocycles. The molecular weight excluding hydrogens is 374 g/mol. The zero-order valence-electron chi connectivity index (χ0n) is 17.3. The van der Waals surface area contributed by atoms with Crippen LogP contribution in [-0.2, 0) is 28.0 Å². The third-order valence-electron chi connectivity index (χ3n) is 5.76. The quantitative estimate of drug-likeness (QED) is 0.689. The van der Waals surface area contributed by atoms with Gasteiger partial charge in [-0.3, -0.25) is 14.6 Å². The standard InChI is InChI=1S/C25H25N3O2/c1-18-14-20(12-13-26-18)17-27-23(29)16-25(15-19-8-4-3-5-9-19)21-10-6-7-11-22(21)28(2)24(25)30/h3-14H,15-17H2,1-2H3,(H,27,29). The highest BCUT2D eigenvalue weighted by molar-refractivity contribution is 6.09. The number of nitrogens with one attached hydrogen (secondary N) is 1. The highest BCUT2D eigenvalue weighted by Crippen LogP contribution is 2.45. The first-order valence-electron chi connectivity index (χ1n) is 10.1. The molecule has 0 radical (unpaired) electrons. The summed E-state index contributed by atoms with van der Waals surface area (Å²) in [6.45, 7) is 2.33. The number of benzene rings is 2. The monoisotopic (exact) mass is 399 g/mol. The van der Waals surface area contributed by atoms with Crippen molar-refractivity contribution in [2.45, 2.75) is 31.7 Å². The van der Waals surface area contributed by atoms with E-state index < -0.39 is 5.41 Å².